The summed E-state index contributed by atoms with van der Waals surface area (Å²) in [4.78, 5) is 6.55. The smallest absolute Gasteiger partial charge is 0.140 e. The van der Waals surface area contributed by atoms with Gasteiger partial charge in [-0.25, -0.2) is 4.98 Å². The maximum Gasteiger partial charge on any atom is 0.140 e. The number of hydrogen-bond donors (Lipinski definition) is 0. The van der Waals surface area contributed by atoms with E-state index in [1.54, 1.807) is 6.07 Å². The Morgan fingerprint density at radius 2 is 1.68 bits per heavy atom. The van der Waals surface area contributed by atoms with Gasteiger partial charge in [-0.1, -0.05) is 27.7 Å². The number of hydrogen-bond acceptors (Lipinski definition) is 3. The van der Waals surface area contributed by atoms with Gasteiger partial charge in [0.05, 0.1) is 11.9 Å². The van der Waals surface area contributed by atoms with E-state index in [2.05, 4.69) is 43.6 Å². The summed E-state index contributed by atoms with van der Waals surface area (Å²) in [6.45, 7) is 11.1. The summed E-state index contributed by atoms with van der Waals surface area (Å²) in [6, 6.07) is 5.87. The summed E-state index contributed by atoms with van der Waals surface area (Å²) < 4.78 is 0. The van der Waals surface area contributed by atoms with Gasteiger partial charge in [-0.15, -0.1) is 0 Å². The van der Waals surface area contributed by atoms with Gasteiger partial charge in [0.25, 0.3) is 0 Å². The average molecular weight is 259 g/mol. The highest BCUT2D eigenvalue weighted by Gasteiger charge is 2.09. The molecule has 0 saturated carbocycles. The van der Waals surface area contributed by atoms with Crippen LogP contribution in [0.1, 0.15) is 46.2 Å². The van der Waals surface area contributed by atoms with E-state index in [1.165, 1.54) is 12.8 Å². The van der Waals surface area contributed by atoms with Gasteiger partial charge in [-0.05, 0) is 36.8 Å². The molecule has 0 fully saturated rings. The molecule has 0 aliphatic rings. The van der Waals surface area contributed by atoms with Crippen LogP contribution in [0.4, 0.5) is 5.69 Å². The molecule has 0 saturated heterocycles. The highest BCUT2D eigenvalue weighted by Crippen LogP contribution is 2.17. The lowest BCUT2D eigenvalue weighted by Crippen LogP contribution is -2.27. The van der Waals surface area contributed by atoms with Crippen LogP contribution < -0.4 is 4.90 Å². The highest BCUT2D eigenvalue weighted by atomic mass is 15.1. The molecule has 1 heterocycles. The fourth-order valence-corrected chi connectivity index (χ4v) is 1.84. The quantitative estimate of drug-likeness (QED) is 0.746. The Morgan fingerprint density at radius 1 is 1.11 bits per heavy atom. The predicted octanol–water partition coefficient (Wildman–Crippen LogP) is 3.85. The van der Waals surface area contributed by atoms with Crippen LogP contribution >= 0.6 is 0 Å². The summed E-state index contributed by atoms with van der Waals surface area (Å²) in [6.07, 6.45) is 4.18. The zero-order valence-electron chi connectivity index (χ0n) is 12.6. The fraction of sp³-hybridized carbons (Fsp3) is 0.625. The monoisotopic (exact) mass is 259 g/mol. The maximum absolute atomic E-state index is 8.79. The number of anilines is 1. The molecule has 0 N–H and O–H groups in total. The minimum absolute atomic E-state index is 0.483. The van der Waals surface area contributed by atoms with E-state index in [0.29, 0.717) is 17.5 Å². The first-order valence-corrected chi connectivity index (χ1v) is 7.14. The minimum atomic E-state index is 0.483. The van der Waals surface area contributed by atoms with Crippen molar-refractivity contribution >= 4 is 5.69 Å². The largest absolute Gasteiger partial charge is 0.370 e. The molecule has 0 amide bonds. The van der Waals surface area contributed by atoms with Crippen molar-refractivity contribution in [3.63, 3.8) is 0 Å². The SMILES string of the molecule is CC(C)CCN(CCC(C)C)c1ccc(C#N)nc1. The number of aromatic nitrogens is 1. The molecule has 0 spiro atoms. The Bertz CT molecular complexity index is 389. The van der Waals surface area contributed by atoms with Crippen molar-refractivity contribution in [3.05, 3.63) is 24.0 Å². The molecule has 0 unspecified atom stereocenters. The molecule has 3 heteroatoms. The highest BCUT2D eigenvalue weighted by molar-refractivity contribution is 5.45. The van der Waals surface area contributed by atoms with Gasteiger partial charge in [-0.2, -0.15) is 5.26 Å². The summed E-state index contributed by atoms with van der Waals surface area (Å²) in [7, 11) is 0. The molecule has 19 heavy (non-hydrogen) atoms. The molecule has 1 aromatic heterocycles. The normalized spacial score (nSPS) is 10.8. The second-order valence-electron chi connectivity index (χ2n) is 5.87. The Balaban J connectivity index is 2.72. The Morgan fingerprint density at radius 3 is 2.05 bits per heavy atom. The molecule has 0 bridgehead atoms. The molecule has 0 radical (unpaired) electrons. The minimum Gasteiger partial charge on any atom is -0.370 e. The predicted molar refractivity (Wildman–Crippen MR) is 80.1 cm³/mol. The molecule has 0 aromatic carbocycles. The van der Waals surface area contributed by atoms with Crippen LogP contribution in [0.2, 0.25) is 0 Å². The molecule has 1 rings (SSSR count). The van der Waals surface area contributed by atoms with Gasteiger partial charge in [0.2, 0.25) is 0 Å². The van der Waals surface area contributed by atoms with Crippen molar-refractivity contribution in [1.29, 1.82) is 5.26 Å². The average Bonchev–Trinajstić information content (AvgIpc) is 2.38. The zero-order valence-corrected chi connectivity index (χ0v) is 12.6. The van der Waals surface area contributed by atoms with Crippen LogP contribution in [0.15, 0.2) is 18.3 Å². The Hall–Kier alpha value is -1.56. The third-order valence-corrected chi connectivity index (χ3v) is 3.18. The van der Waals surface area contributed by atoms with E-state index in [4.69, 9.17) is 5.26 Å². The van der Waals surface area contributed by atoms with Gasteiger partial charge in [0, 0.05) is 13.1 Å². The fourth-order valence-electron chi connectivity index (χ4n) is 1.84. The first-order chi connectivity index (χ1) is 9.02. The second kappa shape index (κ2) is 7.78. The summed E-state index contributed by atoms with van der Waals surface area (Å²) in [5.74, 6) is 1.40. The van der Waals surface area contributed by atoms with Gasteiger partial charge in [0.1, 0.15) is 11.8 Å². The Labute approximate surface area is 117 Å². The van der Waals surface area contributed by atoms with Crippen molar-refractivity contribution in [2.24, 2.45) is 11.8 Å². The van der Waals surface area contributed by atoms with Crippen molar-refractivity contribution in [1.82, 2.24) is 4.98 Å². The first-order valence-electron chi connectivity index (χ1n) is 7.14. The topological polar surface area (TPSA) is 39.9 Å². The molecule has 1 aromatic rings. The summed E-state index contributed by atoms with van der Waals surface area (Å²) in [5, 5.41) is 8.79. The van der Waals surface area contributed by atoms with Crippen molar-refractivity contribution in [2.75, 3.05) is 18.0 Å². The van der Waals surface area contributed by atoms with E-state index in [0.717, 1.165) is 18.8 Å². The van der Waals surface area contributed by atoms with E-state index in [9.17, 15) is 0 Å². The summed E-state index contributed by atoms with van der Waals surface area (Å²) in [5.41, 5.74) is 1.61. The molecular formula is C16H25N3. The van der Waals surface area contributed by atoms with Crippen LogP contribution in [0.5, 0.6) is 0 Å². The molecule has 0 aliphatic heterocycles. The first kappa shape index (κ1) is 15.5. The lowest BCUT2D eigenvalue weighted by Gasteiger charge is -2.26. The standard InChI is InChI=1S/C16H25N3/c1-13(2)7-9-19(10-8-14(3)4)16-6-5-15(11-17)18-12-16/h5-6,12-14H,7-10H2,1-4H3. The number of pyridine rings is 1. The van der Waals surface area contributed by atoms with Crippen LogP contribution in [0.25, 0.3) is 0 Å². The van der Waals surface area contributed by atoms with E-state index in [-0.39, 0.29) is 0 Å². The van der Waals surface area contributed by atoms with Gasteiger partial charge >= 0.3 is 0 Å². The van der Waals surface area contributed by atoms with Crippen LogP contribution in [-0.2, 0) is 0 Å². The van der Waals surface area contributed by atoms with Crippen LogP contribution in [0.3, 0.4) is 0 Å². The van der Waals surface area contributed by atoms with Crippen molar-refractivity contribution in [2.45, 2.75) is 40.5 Å². The van der Waals surface area contributed by atoms with Crippen LogP contribution in [-0.4, -0.2) is 18.1 Å². The van der Waals surface area contributed by atoms with E-state index >= 15 is 0 Å². The van der Waals surface area contributed by atoms with Crippen molar-refractivity contribution in [3.8, 4) is 6.07 Å². The van der Waals surface area contributed by atoms with Gasteiger partial charge in [0.15, 0.2) is 0 Å². The molecule has 3 nitrogen and oxygen atoms in total. The van der Waals surface area contributed by atoms with Gasteiger partial charge < -0.3 is 4.90 Å². The lowest BCUT2D eigenvalue weighted by molar-refractivity contribution is 0.535. The number of rotatable bonds is 7. The van der Waals surface area contributed by atoms with Gasteiger partial charge in [-0.3, -0.25) is 0 Å². The van der Waals surface area contributed by atoms with E-state index in [1.807, 2.05) is 12.3 Å². The third kappa shape index (κ3) is 5.74. The lowest BCUT2D eigenvalue weighted by atomic mass is 10.1. The van der Waals surface area contributed by atoms with Crippen LogP contribution in [0, 0.1) is 23.2 Å². The van der Waals surface area contributed by atoms with Crippen molar-refractivity contribution < 1.29 is 0 Å². The Kier molecular flexibility index (Phi) is 6.35. The molecular weight excluding hydrogens is 234 g/mol. The molecule has 104 valence electrons. The molecule has 0 aliphatic carbocycles. The van der Waals surface area contributed by atoms with E-state index < -0.39 is 0 Å². The second-order valence-corrected chi connectivity index (χ2v) is 5.87. The number of nitriles is 1. The third-order valence-electron chi connectivity index (χ3n) is 3.18. The maximum atomic E-state index is 8.79. The summed E-state index contributed by atoms with van der Waals surface area (Å²) >= 11 is 0. The molecule has 0 atom stereocenters. The number of nitrogens with zero attached hydrogens (tertiary/aromatic N) is 3. The zero-order chi connectivity index (χ0) is 14.3.